The normalized spacial score (nSPS) is 19.2. The van der Waals surface area contributed by atoms with Gasteiger partial charge in [0.05, 0.1) is 19.8 Å². The summed E-state index contributed by atoms with van der Waals surface area (Å²) in [4.78, 5) is 12.9. The van der Waals surface area contributed by atoms with E-state index in [1.807, 2.05) is 0 Å². The molecule has 9 heteroatoms. The summed E-state index contributed by atoms with van der Waals surface area (Å²) in [6.07, 6.45) is 50.1. The van der Waals surface area contributed by atoms with Crippen molar-refractivity contribution in [1.29, 1.82) is 0 Å². The highest BCUT2D eigenvalue weighted by molar-refractivity contribution is 5.69. The van der Waals surface area contributed by atoms with E-state index in [4.69, 9.17) is 18.9 Å². The number of rotatable bonds is 52. The van der Waals surface area contributed by atoms with E-state index in [1.54, 1.807) is 0 Å². The van der Waals surface area contributed by atoms with Gasteiger partial charge in [-0.05, 0) is 12.8 Å². The molecule has 1 aliphatic heterocycles. The van der Waals surface area contributed by atoms with Crippen LogP contribution in [0.1, 0.15) is 296 Å². The van der Waals surface area contributed by atoms with Crippen LogP contribution in [-0.4, -0.2) is 89.6 Å². The number of carbonyl (C=O) groups excluding carboxylic acids is 1. The van der Waals surface area contributed by atoms with E-state index in [2.05, 4.69) is 13.8 Å². The van der Waals surface area contributed by atoms with Gasteiger partial charge in [0.1, 0.15) is 30.5 Å². The van der Waals surface area contributed by atoms with Crippen LogP contribution >= 0.6 is 0 Å². The summed E-state index contributed by atoms with van der Waals surface area (Å²) in [5, 5.41) is 40.3. The van der Waals surface area contributed by atoms with Crippen molar-refractivity contribution in [2.24, 2.45) is 0 Å². The smallest absolute Gasteiger partial charge is 0.306 e. The van der Waals surface area contributed by atoms with Crippen LogP contribution in [0, 0.1) is 0 Å². The standard InChI is InChI=1S/C57H112O9/c1-3-5-7-9-11-13-15-17-19-21-23-25-26-27-28-30-32-34-36-38-40-42-44-46-53(59)65-51(50-64-57-56(62)55(61)54(60)52(48-58)66-57)49-63-47-45-43-41-39-37-35-33-31-29-24-22-20-18-16-14-12-10-8-6-4-2/h51-52,54-58,60-62H,3-50H2,1-2H3. The molecule has 1 fully saturated rings. The molecule has 0 spiro atoms. The van der Waals surface area contributed by atoms with Crippen molar-refractivity contribution >= 4 is 5.97 Å². The van der Waals surface area contributed by atoms with Gasteiger partial charge in [0.2, 0.25) is 0 Å². The van der Waals surface area contributed by atoms with E-state index < -0.39 is 43.4 Å². The van der Waals surface area contributed by atoms with Crippen molar-refractivity contribution in [2.45, 2.75) is 333 Å². The van der Waals surface area contributed by atoms with E-state index in [0.29, 0.717) is 13.0 Å². The average Bonchev–Trinajstić information content (AvgIpc) is 3.32. The lowest BCUT2D eigenvalue weighted by Gasteiger charge is -2.39. The molecule has 1 heterocycles. The maximum absolute atomic E-state index is 12.9. The summed E-state index contributed by atoms with van der Waals surface area (Å²) in [5.41, 5.74) is 0. The summed E-state index contributed by atoms with van der Waals surface area (Å²) >= 11 is 0. The van der Waals surface area contributed by atoms with Gasteiger partial charge >= 0.3 is 5.97 Å². The van der Waals surface area contributed by atoms with E-state index in [1.165, 1.54) is 244 Å². The quantitative estimate of drug-likeness (QED) is 0.0347. The molecule has 9 nitrogen and oxygen atoms in total. The lowest BCUT2D eigenvalue weighted by atomic mass is 9.99. The molecule has 0 bridgehead atoms. The molecule has 66 heavy (non-hydrogen) atoms. The molecule has 0 aromatic carbocycles. The maximum atomic E-state index is 12.9. The number of carbonyl (C=O) groups is 1. The Morgan fingerprint density at radius 1 is 0.424 bits per heavy atom. The van der Waals surface area contributed by atoms with E-state index in [0.717, 1.165) is 32.1 Å². The summed E-state index contributed by atoms with van der Waals surface area (Å²) in [6.45, 7) is 4.65. The second-order valence-corrected chi connectivity index (χ2v) is 20.5. The zero-order chi connectivity index (χ0) is 47.8. The lowest BCUT2D eigenvalue weighted by Crippen LogP contribution is -2.59. The third kappa shape index (κ3) is 39.0. The Morgan fingerprint density at radius 3 is 1.08 bits per heavy atom. The van der Waals surface area contributed by atoms with Gasteiger partial charge in [-0.3, -0.25) is 4.79 Å². The fourth-order valence-corrected chi connectivity index (χ4v) is 9.50. The van der Waals surface area contributed by atoms with Crippen LogP contribution in [0.5, 0.6) is 0 Å². The summed E-state index contributed by atoms with van der Waals surface area (Å²) in [7, 11) is 0. The van der Waals surface area contributed by atoms with Crippen LogP contribution in [0.2, 0.25) is 0 Å². The second-order valence-electron chi connectivity index (χ2n) is 20.5. The van der Waals surface area contributed by atoms with Gasteiger partial charge in [-0.1, -0.05) is 277 Å². The monoisotopic (exact) mass is 941 g/mol. The number of aliphatic hydroxyl groups excluding tert-OH is 4. The molecule has 394 valence electrons. The van der Waals surface area contributed by atoms with Crippen molar-refractivity contribution in [3.63, 3.8) is 0 Å². The highest BCUT2D eigenvalue weighted by Gasteiger charge is 2.44. The highest BCUT2D eigenvalue weighted by Crippen LogP contribution is 2.23. The fraction of sp³-hybridized carbons (Fsp3) is 0.982. The second kappa shape index (κ2) is 49.2. The van der Waals surface area contributed by atoms with E-state index >= 15 is 0 Å². The average molecular weight is 942 g/mol. The topological polar surface area (TPSA) is 135 Å². The molecule has 0 radical (unpaired) electrons. The van der Waals surface area contributed by atoms with Crippen LogP contribution in [0.4, 0.5) is 0 Å². The number of unbranched alkanes of at least 4 members (excludes halogenated alkanes) is 41. The molecule has 1 rings (SSSR count). The number of aliphatic hydroxyl groups is 4. The zero-order valence-corrected chi connectivity index (χ0v) is 43.7. The molecule has 0 aromatic rings. The third-order valence-electron chi connectivity index (χ3n) is 14.0. The van der Waals surface area contributed by atoms with Crippen molar-refractivity contribution in [3.8, 4) is 0 Å². The first-order chi connectivity index (χ1) is 32.4. The Kier molecular flexibility index (Phi) is 47.1. The first-order valence-electron chi connectivity index (χ1n) is 29.1. The highest BCUT2D eigenvalue weighted by atomic mass is 16.7. The number of hydrogen-bond donors (Lipinski definition) is 4. The van der Waals surface area contributed by atoms with Gasteiger partial charge in [0.15, 0.2) is 6.29 Å². The van der Waals surface area contributed by atoms with Crippen LogP contribution < -0.4 is 0 Å². The molecule has 6 unspecified atom stereocenters. The first kappa shape index (κ1) is 63.2. The molecule has 0 saturated carbocycles. The molecule has 4 N–H and O–H groups in total. The summed E-state index contributed by atoms with van der Waals surface area (Å²) in [5.74, 6) is -0.302. The molecule has 0 aliphatic carbocycles. The predicted molar refractivity (Wildman–Crippen MR) is 275 cm³/mol. The van der Waals surface area contributed by atoms with Gasteiger partial charge < -0.3 is 39.4 Å². The van der Waals surface area contributed by atoms with Gasteiger partial charge in [-0.25, -0.2) is 0 Å². The number of esters is 1. The van der Waals surface area contributed by atoms with Crippen molar-refractivity contribution in [1.82, 2.24) is 0 Å². The summed E-state index contributed by atoms with van der Waals surface area (Å²) in [6, 6.07) is 0. The Hall–Kier alpha value is -0.810. The molecular weight excluding hydrogens is 829 g/mol. The predicted octanol–water partition coefficient (Wildman–Crippen LogP) is 14.9. The fourth-order valence-electron chi connectivity index (χ4n) is 9.50. The van der Waals surface area contributed by atoms with Gasteiger partial charge in [-0.15, -0.1) is 0 Å². The molecule has 1 aliphatic rings. The SMILES string of the molecule is CCCCCCCCCCCCCCCCCCCCCCCCCC(=O)OC(COCCCCCCCCCCCCCCCCCCCCCC)COC1OC(CO)C(O)C(O)C1O. The van der Waals surface area contributed by atoms with Gasteiger partial charge in [0.25, 0.3) is 0 Å². The van der Waals surface area contributed by atoms with E-state index in [9.17, 15) is 25.2 Å². The van der Waals surface area contributed by atoms with Crippen LogP contribution in [-0.2, 0) is 23.7 Å². The molecule has 0 amide bonds. The Balaban J connectivity index is 2.12. The first-order valence-corrected chi connectivity index (χ1v) is 29.1. The molecule has 6 atom stereocenters. The minimum Gasteiger partial charge on any atom is -0.457 e. The Morgan fingerprint density at radius 2 is 0.742 bits per heavy atom. The molecule has 0 aromatic heterocycles. The van der Waals surface area contributed by atoms with Crippen molar-refractivity contribution < 1.29 is 44.2 Å². The zero-order valence-electron chi connectivity index (χ0n) is 43.7. The third-order valence-corrected chi connectivity index (χ3v) is 14.0. The maximum Gasteiger partial charge on any atom is 0.306 e. The number of hydrogen-bond acceptors (Lipinski definition) is 9. The summed E-state index contributed by atoms with van der Waals surface area (Å²) < 4.78 is 23.0. The Bertz CT molecular complexity index is 982. The van der Waals surface area contributed by atoms with Crippen molar-refractivity contribution in [2.75, 3.05) is 26.4 Å². The molecular formula is C57H112O9. The van der Waals surface area contributed by atoms with Crippen LogP contribution in [0.3, 0.4) is 0 Å². The Labute approximate surface area is 408 Å². The minimum atomic E-state index is -1.53. The van der Waals surface area contributed by atoms with Crippen LogP contribution in [0.25, 0.3) is 0 Å². The lowest BCUT2D eigenvalue weighted by molar-refractivity contribution is -0.305. The minimum absolute atomic E-state index is 0.104. The van der Waals surface area contributed by atoms with Crippen LogP contribution in [0.15, 0.2) is 0 Å². The largest absolute Gasteiger partial charge is 0.457 e. The van der Waals surface area contributed by atoms with Gasteiger partial charge in [-0.2, -0.15) is 0 Å². The van der Waals surface area contributed by atoms with Crippen molar-refractivity contribution in [3.05, 3.63) is 0 Å². The van der Waals surface area contributed by atoms with Gasteiger partial charge in [0, 0.05) is 13.0 Å². The van der Waals surface area contributed by atoms with E-state index in [-0.39, 0.29) is 19.2 Å². The number of ether oxygens (including phenoxy) is 4. The molecule has 1 saturated heterocycles.